The minimum absolute atomic E-state index is 0.0147. The second kappa shape index (κ2) is 11.1. The van der Waals surface area contributed by atoms with Crippen molar-refractivity contribution < 1.29 is 27.4 Å². The number of benzene rings is 1. The predicted molar refractivity (Wildman–Crippen MR) is 144 cm³/mol. The Morgan fingerprint density at radius 3 is 2.40 bits per heavy atom. The van der Waals surface area contributed by atoms with Crippen LogP contribution >= 0.6 is 0 Å². The van der Waals surface area contributed by atoms with Gasteiger partial charge in [0.15, 0.2) is 27.3 Å². The number of pyridine rings is 1. The molecule has 0 amide bonds. The second-order valence-electron chi connectivity index (χ2n) is 9.46. The van der Waals surface area contributed by atoms with Crippen LogP contribution in [0.25, 0.3) is 17.1 Å². The lowest BCUT2D eigenvalue weighted by atomic mass is 10.1. The highest BCUT2D eigenvalue weighted by Crippen LogP contribution is 2.37. The molecule has 12 nitrogen and oxygen atoms in total. The molecule has 1 fully saturated rings. The summed E-state index contributed by atoms with van der Waals surface area (Å²) < 4.78 is 53.8. The van der Waals surface area contributed by atoms with Crippen LogP contribution in [0.5, 0.6) is 11.5 Å². The molecule has 1 N–H and O–H groups in total. The maximum atomic E-state index is 13.8. The summed E-state index contributed by atoms with van der Waals surface area (Å²) in [5, 5.41) is 18.2. The third kappa shape index (κ3) is 5.45. The Bertz CT molecular complexity index is 1590. The number of hydrogen-bond donors (Lipinski definition) is 1. The van der Waals surface area contributed by atoms with Gasteiger partial charge in [-0.05, 0) is 37.1 Å². The van der Waals surface area contributed by atoms with E-state index in [9.17, 15) is 17.9 Å². The van der Waals surface area contributed by atoms with Gasteiger partial charge in [0.05, 0.1) is 38.0 Å². The summed E-state index contributed by atoms with van der Waals surface area (Å²) >= 11 is 0. The smallest absolute Gasteiger partial charge is 0.225 e. The average molecular weight is 570 g/mol. The van der Waals surface area contributed by atoms with Crippen LogP contribution in [0.2, 0.25) is 0 Å². The minimum Gasteiger partial charge on any atom is -0.494 e. The maximum absolute atomic E-state index is 13.8. The molecular weight excluding hydrogens is 541 g/mol. The molecule has 5 rings (SSSR count). The number of anilines is 1. The molecule has 14 heteroatoms. The first-order valence-corrected chi connectivity index (χ1v) is 14.1. The number of methoxy groups -OCH3 is 2. The van der Waals surface area contributed by atoms with Gasteiger partial charge in [-0.1, -0.05) is 6.07 Å². The third-order valence-electron chi connectivity index (χ3n) is 6.61. The summed E-state index contributed by atoms with van der Waals surface area (Å²) in [5.41, 5.74) is 1.94. The van der Waals surface area contributed by atoms with E-state index in [1.165, 1.54) is 19.1 Å². The molecule has 210 valence electrons. The zero-order chi connectivity index (χ0) is 28.4. The summed E-state index contributed by atoms with van der Waals surface area (Å²) in [6.45, 7) is 2.03. The van der Waals surface area contributed by atoms with Gasteiger partial charge in [-0.3, -0.25) is 9.55 Å². The number of aliphatic hydroxyl groups excluding tert-OH is 1. The number of sulfone groups is 1. The van der Waals surface area contributed by atoms with Gasteiger partial charge in [0.2, 0.25) is 5.95 Å². The highest BCUT2D eigenvalue weighted by atomic mass is 32.2. The van der Waals surface area contributed by atoms with E-state index in [1.54, 1.807) is 35.2 Å². The fraction of sp³-hybridized carbons (Fsp3) is 0.346. The number of aliphatic hydroxyl groups is 1. The van der Waals surface area contributed by atoms with Crippen molar-refractivity contribution >= 4 is 15.8 Å². The molecule has 40 heavy (non-hydrogen) atoms. The van der Waals surface area contributed by atoms with Crippen LogP contribution in [0, 0.1) is 12.7 Å². The van der Waals surface area contributed by atoms with Crippen LogP contribution in [0.4, 0.5) is 10.3 Å². The normalized spacial score (nSPS) is 17.6. The van der Waals surface area contributed by atoms with E-state index in [4.69, 9.17) is 9.47 Å². The Morgan fingerprint density at radius 2 is 1.75 bits per heavy atom. The molecule has 0 radical (unpaired) electrons. The van der Waals surface area contributed by atoms with Crippen LogP contribution in [0.15, 0.2) is 49.1 Å². The average Bonchev–Trinajstić information content (AvgIpc) is 3.34. The lowest BCUT2D eigenvalue weighted by Gasteiger charge is -2.35. The first-order chi connectivity index (χ1) is 19.2. The molecule has 3 aromatic heterocycles. The fourth-order valence-corrected chi connectivity index (χ4v) is 6.48. The zero-order valence-electron chi connectivity index (χ0n) is 22.1. The molecule has 4 aromatic rings. The van der Waals surface area contributed by atoms with E-state index in [-0.39, 0.29) is 31.3 Å². The number of nitrogens with zero attached hydrogens (tertiary/aromatic N) is 7. The van der Waals surface area contributed by atoms with Crippen molar-refractivity contribution in [3.8, 4) is 28.6 Å². The van der Waals surface area contributed by atoms with Gasteiger partial charge in [-0.25, -0.2) is 22.8 Å². The molecule has 0 bridgehead atoms. The summed E-state index contributed by atoms with van der Waals surface area (Å²) in [4.78, 5) is 13.7. The van der Waals surface area contributed by atoms with E-state index in [0.29, 0.717) is 28.6 Å². The predicted octanol–water partition coefficient (Wildman–Crippen LogP) is 2.14. The highest BCUT2D eigenvalue weighted by molar-refractivity contribution is 7.91. The topological polar surface area (TPSA) is 145 Å². The van der Waals surface area contributed by atoms with Crippen molar-refractivity contribution in [3.05, 3.63) is 66.3 Å². The van der Waals surface area contributed by atoms with E-state index in [0.717, 1.165) is 18.0 Å². The largest absolute Gasteiger partial charge is 0.494 e. The van der Waals surface area contributed by atoms with Gasteiger partial charge < -0.3 is 19.5 Å². The van der Waals surface area contributed by atoms with E-state index in [2.05, 4.69) is 25.1 Å². The molecule has 1 saturated heterocycles. The standard InChI is InChI=1S/C26H28FN7O5S/c1-16-7-17(10-28-9-16)25-32-31-23(34(25)24-21(38-2)5-4-6-22(24)39-3)15-40(36,37)20-8-19(35)13-33(14-20)26-29-11-18(27)12-30-26/h4-7,9-12,19-20,35H,8,13-15H2,1-3H3/t19-,20+/m0/s1. The Hall–Kier alpha value is -4.17. The highest BCUT2D eigenvalue weighted by Gasteiger charge is 2.37. The number of hydrogen-bond acceptors (Lipinski definition) is 11. The van der Waals surface area contributed by atoms with Crippen molar-refractivity contribution in [2.45, 2.75) is 30.5 Å². The van der Waals surface area contributed by atoms with E-state index >= 15 is 0 Å². The monoisotopic (exact) mass is 569 g/mol. The van der Waals surface area contributed by atoms with Crippen LogP contribution in [0.1, 0.15) is 17.8 Å². The van der Waals surface area contributed by atoms with Gasteiger partial charge in [0.25, 0.3) is 0 Å². The molecule has 1 aliphatic heterocycles. The number of para-hydroxylation sites is 1. The Labute approximate surface area is 230 Å². The van der Waals surface area contributed by atoms with Crippen molar-refractivity contribution in [2.75, 3.05) is 32.2 Å². The van der Waals surface area contributed by atoms with Gasteiger partial charge in [-0.2, -0.15) is 0 Å². The molecule has 0 aliphatic carbocycles. The maximum Gasteiger partial charge on any atom is 0.225 e. The summed E-state index contributed by atoms with van der Waals surface area (Å²) in [7, 11) is -0.912. The lowest BCUT2D eigenvalue weighted by Crippen LogP contribution is -2.49. The van der Waals surface area contributed by atoms with E-state index in [1.807, 2.05) is 13.0 Å². The Morgan fingerprint density at radius 1 is 1.05 bits per heavy atom. The number of piperidine rings is 1. The molecule has 1 aromatic carbocycles. The second-order valence-corrected chi connectivity index (χ2v) is 11.7. The van der Waals surface area contributed by atoms with E-state index < -0.39 is 32.8 Å². The molecule has 1 aliphatic rings. The Balaban J connectivity index is 1.57. The number of aromatic nitrogens is 6. The Kier molecular flexibility index (Phi) is 7.63. The number of ether oxygens (including phenoxy) is 2. The van der Waals surface area contributed by atoms with Gasteiger partial charge in [0, 0.05) is 31.0 Å². The molecule has 0 unspecified atom stereocenters. The molecule has 0 spiro atoms. The first kappa shape index (κ1) is 27.4. The summed E-state index contributed by atoms with van der Waals surface area (Å²) in [5.74, 6) is 0.362. The van der Waals surface area contributed by atoms with Crippen molar-refractivity contribution in [1.82, 2.24) is 29.7 Å². The van der Waals surface area contributed by atoms with Crippen molar-refractivity contribution in [1.29, 1.82) is 0 Å². The lowest BCUT2D eigenvalue weighted by molar-refractivity contribution is 0.154. The molecule has 4 heterocycles. The van der Waals surface area contributed by atoms with Crippen molar-refractivity contribution in [2.24, 2.45) is 0 Å². The molecule has 0 saturated carbocycles. The van der Waals surface area contributed by atoms with Crippen LogP contribution in [-0.4, -0.2) is 81.9 Å². The molecular formula is C26H28FN7O5S. The van der Waals surface area contributed by atoms with Gasteiger partial charge in [-0.15, -0.1) is 10.2 Å². The van der Waals surface area contributed by atoms with Gasteiger partial charge >= 0.3 is 0 Å². The van der Waals surface area contributed by atoms with Crippen LogP contribution in [-0.2, 0) is 15.6 Å². The minimum atomic E-state index is -3.92. The summed E-state index contributed by atoms with van der Waals surface area (Å²) in [6, 6.07) is 7.08. The summed E-state index contributed by atoms with van der Waals surface area (Å²) in [6.07, 6.45) is 4.37. The fourth-order valence-electron chi connectivity index (χ4n) is 4.78. The third-order valence-corrected chi connectivity index (χ3v) is 8.62. The number of rotatable bonds is 8. The number of β-amino-alcohol motifs (C(OH)–C–C–N with tert-alkyl or cyclic N) is 1. The number of aryl methyl sites for hydroxylation is 1. The van der Waals surface area contributed by atoms with Crippen molar-refractivity contribution in [3.63, 3.8) is 0 Å². The number of halogens is 1. The molecule has 2 atom stereocenters. The van der Waals surface area contributed by atoms with Crippen LogP contribution in [0.3, 0.4) is 0 Å². The quantitative estimate of drug-likeness (QED) is 0.333. The zero-order valence-corrected chi connectivity index (χ0v) is 22.9. The SMILES string of the molecule is COc1cccc(OC)c1-n1c(CS(=O)(=O)[C@@H]2C[C@H](O)CN(c3ncc(F)cn3)C2)nnc1-c1cncc(C)c1. The first-order valence-electron chi connectivity index (χ1n) is 12.4. The van der Waals surface area contributed by atoms with Crippen LogP contribution < -0.4 is 14.4 Å². The van der Waals surface area contributed by atoms with Gasteiger partial charge in [0.1, 0.15) is 22.9 Å².